The van der Waals surface area contributed by atoms with Crippen LogP contribution in [0.1, 0.15) is 45.9 Å². The Morgan fingerprint density at radius 2 is 2.00 bits per heavy atom. The summed E-state index contributed by atoms with van der Waals surface area (Å²) in [7, 11) is 0. The minimum atomic E-state index is -0.0623. The van der Waals surface area contributed by atoms with Gasteiger partial charge in [-0.3, -0.25) is 4.79 Å². The van der Waals surface area contributed by atoms with Gasteiger partial charge in [0.2, 0.25) is 0 Å². The highest BCUT2D eigenvalue weighted by Crippen LogP contribution is 2.27. The highest BCUT2D eigenvalue weighted by molar-refractivity contribution is 7.98. The summed E-state index contributed by atoms with van der Waals surface area (Å²) in [6, 6.07) is 11.9. The van der Waals surface area contributed by atoms with Crippen molar-refractivity contribution in [2.45, 2.75) is 43.4 Å². The van der Waals surface area contributed by atoms with E-state index in [0.29, 0.717) is 12.1 Å². The molecular formula is C23H26N4OS2. The van der Waals surface area contributed by atoms with E-state index in [-0.39, 0.29) is 5.91 Å². The number of amides is 1. The number of thioether (sulfide) groups is 1. The van der Waals surface area contributed by atoms with E-state index in [1.54, 1.807) is 23.1 Å². The van der Waals surface area contributed by atoms with Gasteiger partial charge in [0.1, 0.15) is 5.82 Å². The first-order chi connectivity index (χ1) is 14.7. The van der Waals surface area contributed by atoms with Gasteiger partial charge in [0.25, 0.3) is 5.91 Å². The molecule has 1 aliphatic heterocycles. The minimum absolute atomic E-state index is 0.0623. The van der Waals surface area contributed by atoms with Crippen molar-refractivity contribution in [3.8, 4) is 0 Å². The number of piperidine rings is 1. The van der Waals surface area contributed by atoms with Gasteiger partial charge in [-0.25, -0.2) is 9.97 Å². The van der Waals surface area contributed by atoms with E-state index >= 15 is 0 Å². The summed E-state index contributed by atoms with van der Waals surface area (Å²) in [5.74, 6) is 1.73. The fraction of sp³-hybridized carbons (Fsp3) is 0.348. The second-order valence-corrected chi connectivity index (χ2v) is 9.48. The molecule has 2 aromatic heterocycles. The lowest BCUT2D eigenvalue weighted by atomic mass is 10.1. The van der Waals surface area contributed by atoms with Crippen LogP contribution in [-0.4, -0.2) is 29.0 Å². The monoisotopic (exact) mass is 438 g/mol. The van der Waals surface area contributed by atoms with Crippen molar-refractivity contribution in [1.29, 1.82) is 0 Å². The zero-order chi connectivity index (χ0) is 20.8. The number of carbonyl (C=O) groups excluding carboxylic acids is 1. The Labute approximate surface area is 185 Å². The first-order valence-electron chi connectivity index (χ1n) is 10.3. The first kappa shape index (κ1) is 20.9. The summed E-state index contributed by atoms with van der Waals surface area (Å²) in [5, 5.41) is 6.18. The number of aryl methyl sites for hydroxylation is 1. The summed E-state index contributed by atoms with van der Waals surface area (Å²) in [6.45, 7) is 4.64. The number of anilines is 1. The van der Waals surface area contributed by atoms with Gasteiger partial charge >= 0.3 is 0 Å². The third kappa shape index (κ3) is 5.40. The van der Waals surface area contributed by atoms with Crippen LogP contribution < -0.4 is 10.2 Å². The van der Waals surface area contributed by atoms with Crippen LogP contribution in [0.2, 0.25) is 0 Å². The fourth-order valence-electron chi connectivity index (χ4n) is 3.52. The van der Waals surface area contributed by atoms with E-state index in [2.05, 4.69) is 37.7 Å². The Hall–Kier alpha value is -2.38. The molecule has 0 unspecified atom stereocenters. The van der Waals surface area contributed by atoms with Crippen LogP contribution in [0.15, 0.2) is 52.9 Å². The van der Waals surface area contributed by atoms with Gasteiger partial charge in [-0.15, -0.1) is 23.1 Å². The van der Waals surface area contributed by atoms with Crippen molar-refractivity contribution in [1.82, 2.24) is 15.3 Å². The van der Waals surface area contributed by atoms with Crippen molar-refractivity contribution in [3.05, 3.63) is 69.8 Å². The summed E-state index contributed by atoms with van der Waals surface area (Å²) in [6.07, 6.45) is 5.65. The molecule has 1 aliphatic rings. The normalized spacial score (nSPS) is 14.0. The van der Waals surface area contributed by atoms with Crippen molar-refractivity contribution >= 4 is 34.8 Å². The van der Waals surface area contributed by atoms with Crippen LogP contribution in [0.3, 0.4) is 0 Å². The van der Waals surface area contributed by atoms with E-state index in [9.17, 15) is 4.79 Å². The van der Waals surface area contributed by atoms with E-state index in [0.717, 1.165) is 45.8 Å². The molecule has 0 spiro atoms. The van der Waals surface area contributed by atoms with Crippen molar-refractivity contribution < 1.29 is 4.79 Å². The molecule has 0 radical (unpaired) electrons. The predicted octanol–water partition coefficient (Wildman–Crippen LogP) is 5.06. The summed E-state index contributed by atoms with van der Waals surface area (Å²) < 4.78 is 0. The molecule has 5 nitrogen and oxygen atoms in total. The highest BCUT2D eigenvalue weighted by atomic mass is 32.2. The van der Waals surface area contributed by atoms with E-state index < -0.39 is 0 Å². The molecular weight excluding hydrogens is 412 g/mol. The topological polar surface area (TPSA) is 58.1 Å². The van der Waals surface area contributed by atoms with Gasteiger partial charge in [0.15, 0.2) is 0 Å². The summed E-state index contributed by atoms with van der Waals surface area (Å²) in [5.41, 5.74) is 2.76. The molecule has 3 heterocycles. The molecule has 156 valence electrons. The average molecular weight is 439 g/mol. The molecule has 1 N–H and O–H groups in total. The van der Waals surface area contributed by atoms with Gasteiger partial charge in [0.05, 0.1) is 16.3 Å². The summed E-state index contributed by atoms with van der Waals surface area (Å²) in [4.78, 5) is 25.2. The molecule has 0 bridgehead atoms. The van der Waals surface area contributed by atoms with Gasteiger partial charge in [-0.1, -0.05) is 18.2 Å². The molecule has 0 aliphatic carbocycles. The maximum Gasteiger partial charge on any atom is 0.252 e. The smallest absolute Gasteiger partial charge is 0.252 e. The van der Waals surface area contributed by atoms with E-state index in [1.807, 2.05) is 37.4 Å². The SMILES string of the molecule is Cc1nc(CSc2ccccc2C(=O)NCc2ccc(N3CCCCC3)nc2)cs1. The molecule has 4 rings (SSSR count). The van der Waals surface area contributed by atoms with Crippen LogP contribution in [0.5, 0.6) is 0 Å². The molecule has 1 fully saturated rings. The van der Waals surface area contributed by atoms with Crippen LogP contribution in [0.25, 0.3) is 0 Å². The number of nitrogens with zero attached hydrogens (tertiary/aromatic N) is 3. The molecule has 0 saturated carbocycles. The standard InChI is InChI=1S/C23H26N4OS2/c1-17-26-19(15-29-17)16-30-21-8-4-3-7-20(21)23(28)25-14-18-9-10-22(24-13-18)27-11-5-2-6-12-27/h3-4,7-10,13,15H,2,5-6,11-12,14,16H2,1H3,(H,25,28). The minimum Gasteiger partial charge on any atom is -0.357 e. The van der Waals surface area contributed by atoms with Crippen molar-refractivity contribution in [2.24, 2.45) is 0 Å². The zero-order valence-corrected chi connectivity index (χ0v) is 18.8. The fourth-order valence-corrected chi connectivity index (χ4v) is 5.18. The molecule has 30 heavy (non-hydrogen) atoms. The Balaban J connectivity index is 1.34. The number of rotatable bonds is 7. The number of hydrogen-bond donors (Lipinski definition) is 1. The second-order valence-electron chi connectivity index (χ2n) is 7.40. The van der Waals surface area contributed by atoms with Crippen LogP contribution >= 0.6 is 23.1 Å². The van der Waals surface area contributed by atoms with Crippen molar-refractivity contribution in [3.63, 3.8) is 0 Å². The number of hydrogen-bond acceptors (Lipinski definition) is 6. The molecule has 1 amide bonds. The maximum atomic E-state index is 12.8. The van der Waals surface area contributed by atoms with E-state index in [1.165, 1.54) is 19.3 Å². The lowest BCUT2D eigenvalue weighted by Gasteiger charge is -2.27. The molecule has 1 aromatic carbocycles. The van der Waals surface area contributed by atoms with Crippen LogP contribution in [-0.2, 0) is 12.3 Å². The number of thiazole rings is 1. The van der Waals surface area contributed by atoms with Gasteiger partial charge in [0, 0.05) is 41.9 Å². The van der Waals surface area contributed by atoms with E-state index in [4.69, 9.17) is 0 Å². The lowest BCUT2D eigenvalue weighted by Crippen LogP contribution is -2.30. The third-order valence-electron chi connectivity index (χ3n) is 5.12. The van der Waals surface area contributed by atoms with Gasteiger partial charge in [-0.05, 0) is 49.9 Å². The van der Waals surface area contributed by atoms with Crippen LogP contribution in [0, 0.1) is 6.92 Å². The zero-order valence-electron chi connectivity index (χ0n) is 17.1. The maximum absolute atomic E-state index is 12.8. The lowest BCUT2D eigenvalue weighted by molar-refractivity contribution is 0.0948. The highest BCUT2D eigenvalue weighted by Gasteiger charge is 2.14. The number of pyridine rings is 1. The molecule has 7 heteroatoms. The Bertz CT molecular complexity index is 981. The quantitative estimate of drug-likeness (QED) is 0.523. The molecule has 0 atom stereocenters. The first-order valence-corrected chi connectivity index (χ1v) is 12.2. The third-order valence-corrected chi connectivity index (χ3v) is 7.05. The summed E-state index contributed by atoms with van der Waals surface area (Å²) >= 11 is 3.30. The number of benzene rings is 1. The molecule has 3 aromatic rings. The largest absolute Gasteiger partial charge is 0.357 e. The van der Waals surface area contributed by atoms with Crippen LogP contribution in [0.4, 0.5) is 5.82 Å². The Kier molecular flexibility index (Phi) is 7.02. The molecule has 1 saturated heterocycles. The van der Waals surface area contributed by atoms with Gasteiger partial charge < -0.3 is 10.2 Å². The van der Waals surface area contributed by atoms with Crippen molar-refractivity contribution in [2.75, 3.05) is 18.0 Å². The Morgan fingerprint density at radius 3 is 2.73 bits per heavy atom. The number of nitrogens with one attached hydrogen (secondary N) is 1. The predicted molar refractivity (Wildman–Crippen MR) is 124 cm³/mol. The van der Waals surface area contributed by atoms with Gasteiger partial charge in [-0.2, -0.15) is 0 Å². The average Bonchev–Trinajstić information content (AvgIpc) is 3.22. The number of carbonyl (C=O) groups is 1. The Morgan fingerprint density at radius 1 is 1.17 bits per heavy atom. The second kappa shape index (κ2) is 10.1. The number of aromatic nitrogens is 2.